The minimum absolute atomic E-state index is 0.247. The van der Waals surface area contributed by atoms with E-state index in [1.807, 2.05) is 0 Å². The van der Waals surface area contributed by atoms with Crippen LogP contribution in [0, 0.1) is 0 Å². The zero-order valence-electron chi connectivity index (χ0n) is 7.53. The van der Waals surface area contributed by atoms with Gasteiger partial charge in [-0.1, -0.05) is 0 Å². The molecule has 0 aromatic carbocycles. The molecule has 15 heavy (non-hydrogen) atoms. The Hall–Kier alpha value is 0.190. The number of nitrogens with two attached hydrogens (primary N) is 1. The first-order valence-electron chi connectivity index (χ1n) is 3.77. The van der Waals surface area contributed by atoms with E-state index in [9.17, 15) is 9.59 Å². The molecule has 0 aliphatic rings. The summed E-state index contributed by atoms with van der Waals surface area (Å²) >= 11 is 1.37. The quantitative estimate of drug-likeness (QED) is 0.304. The van der Waals surface area contributed by atoms with E-state index in [1.165, 1.54) is 43.7 Å². The van der Waals surface area contributed by atoms with E-state index in [4.69, 9.17) is 15.9 Å². The van der Waals surface area contributed by atoms with Crippen molar-refractivity contribution in [1.82, 2.24) is 0 Å². The molecule has 0 amide bonds. The molecule has 0 aromatic rings. The van der Waals surface area contributed by atoms with Gasteiger partial charge in [-0.25, -0.2) is 0 Å². The molecule has 0 rings (SSSR count). The van der Waals surface area contributed by atoms with E-state index in [-0.39, 0.29) is 5.75 Å². The second-order valence-electron chi connectivity index (χ2n) is 2.47. The van der Waals surface area contributed by atoms with Gasteiger partial charge in [-0.15, -0.1) is 0 Å². The Morgan fingerprint density at radius 2 is 1.80 bits per heavy atom. The molecule has 4 N–H and O–H groups in total. The molecule has 0 saturated heterocycles. The summed E-state index contributed by atoms with van der Waals surface area (Å²) in [7, 11) is 2.50. The van der Waals surface area contributed by atoms with Gasteiger partial charge in [-0.05, 0) is 0 Å². The molecule has 1 unspecified atom stereocenters. The topological polar surface area (TPSA) is 113 Å². The van der Waals surface area contributed by atoms with Gasteiger partial charge in [0.1, 0.15) is 0 Å². The molecule has 0 aliphatic heterocycles. The standard InChI is InChI=1S/C6H10N2O4S2Te/c7-3(5(9)10)1-13-14-2-4(8-15)6(11)12/h3-4H,1-2,7H2,(H,9,10)(H,11,12)/t3?,4-/m0/s1. The van der Waals surface area contributed by atoms with Crippen molar-refractivity contribution in [2.75, 3.05) is 11.5 Å². The van der Waals surface area contributed by atoms with E-state index in [0.717, 1.165) is 0 Å². The molecular weight excluding hydrogens is 356 g/mol. The van der Waals surface area contributed by atoms with Crippen LogP contribution in [0.2, 0.25) is 0 Å². The Kier molecular flexibility index (Phi) is 8.46. The second kappa shape index (κ2) is 8.35. The molecule has 2 atom stereocenters. The monoisotopic (exact) mass is 368 g/mol. The predicted octanol–water partition coefficient (Wildman–Crippen LogP) is -0.415. The molecule has 6 nitrogen and oxygen atoms in total. The second-order valence-corrected chi connectivity index (χ2v) is 5.63. The predicted molar refractivity (Wildman–Crippen MR) is 60.1 cm³/mol. The fourth-order valence-electron chi connectivity index (χ4n) is 0.452. The van der Waals surface area contributed by atoms with E-state index < -0.39 is 24.0 Å². The van der Waals surface area contributed by atoms with Gasteiger partial charge in [-0.3, -0.25) is 0 Å². The van der Waals surface area contributed by atoms with Crippen LogP contribution in [-0.4, -0.2) is 67.9 Å². The summed E-state index contributed by atoms with van der Waals surface area (Å²) in [5.41, 5.74) is 5.25. The average Bonchev–Trinajstić information content (AvgIpc) is 2.16. The first kappa shape index (κ1) is 15.2. The van der Waals surface area contributed by atoms with Crippen LogP contribution in [0.1, 0.15) is 0 Å². The number of carbonyl (C=O) groups is 2. The van der Waals surface area contributed by atoms with Crippen molar-refractivity contribution in [3.05, 3.63) is 0 Å². The van der Waals surface area contributed by atoms with E-state index in [1.54, 1.807) is 0 Å². The molecule has 9 heteroatoms. The van der Waals surface area contributed by atoms with Crippen LogP contribution in [0.5, 0.6) is 0 Å². The molecule has 0 aliphatic carbocycles. The molecule has 0 heterocycles. The molecular formula is C6H10N2O4S2Te. The summed E-state index contributed by atoms with van der Waals surface area (Å²) in [6.45, 7) is 0. The summed E-state index contributed by atoms with van der Waals surface area (Å²) in [6, 6.07) is -1.65. The zero-order valence-corrected chi connectivity index (χ0v) is 11.5. The van der Waals surface area contributed by atoms with Gasteiger partial charge in [0.2, 0.25) is 0 Å². The maximum atomic E-state index is 10.5. The Morgan fingerprint density at radius 3 is 2.20 bits per heavy atom. The SMILES string of the molecule is NC(CSSC[C@H](N=[Te])C(=O)O)C(=O)O. The summed E-state index contributed by atoms with van der Waals surface area (Å²) in [5.74, 6) is -1.48. The van der Waals surface area contributed by atoms with Crippen molar-refractivity contribution in [1.29, 1.82) is 0 Å². The van der Waals surface area contributed by atoms with Crippen molar-refractivity contribution in [2.24, 2.45) is 8.92 Å². The van der Waals surface area contributed by atoms with Crippen LogP contribution in [0.4, 0.5) is 0 Å². The van der Waals surface area contributed by atoms with Crippen molar-refractivity contribution >= 4 is 55.6 Å². The molecule has 0 aromatic heterocycles. The number of rotatable bonds is 8. The van der Waals surface area contributed by atoms with Crippen LogP contribution >= 0.6 is 21.6 Å². The summed E-state index contributed by atoms with van der Waals surface area (Å²) in [4.78, 5) is 20.9. The normalized spacial score (nSPS) is 14.2. The Labute approximate surface area is 108 Å². The molecule has 0 bridgehead atoms. The number of aliphatic carboxylic acids is 2. The maximum absolute atomic E-state index is 10.5. The minimum atomic E-state index is -1.06. The van der Waals surface area contributed by atoms with Crippen LogP contribution < -0.4 is 5.73 Å². The van der Waals surface area contributed by atoms with Gasteiger partial charge in [-0.2, -0.15) is 0 Å². The molecule has 0 fully saturated rings. The molecule has 0 spiro atoms. The van der Waals surface area contributed by atoms with E-state index in [2.05, 4.69) is 3.18 Å². The first-order chi connectivity index (χ1) is 6.99. The van der Waals surface area contributed by atoms with Gasteiger partial charge in [0, 0.05) is 0 Å². The Bertz CT molecular complexity index is 253. The number of hydrogen-bond donors (Lipinski definition) is 3. The van der Waals surface area contributed by atoms with Crippen molar-refractivity contribution in [3.63, 3.8) is 0 Å². The van der Waals surface area contributed by atoms with Gasteiger partial charge < -0.3 is 0 Å². The summed E-state index contributed by atoms with van der Waals surface area (Å²) < 4.78 is 3.67. The Morgan fingerprint density at radius 1 is 1.27 bits per heavy atom. The van der Waals surface area contributed by atoms with Crippen LogP contribution in [-0.2, 0) is 9.59 Å². The van der Waals surface area contributed by atoms with Crippen LogP contribution in [0.15, 0.2) is 3.18 Å². The van der Waals surface area contributed by atoms with Crippen molar-refractivity contribution < 1.29 is 19.8 Å². The molecule has 0 saturated carbocycles. The third kappa shape index (κ3) is 7.14. The third-order valence-corrected chi connectivity index (χ3v) is 4.44. The fourth-order valence-corrected chi connectivity index (χ4v) is 3.45. The Balaban J connectivity index is 3.66. The first-order valence-corrected chi connectivity index (χ1v) is 7.30. The van der Waals surface area contributed by atoms with Crippen molar-refractivity contribution in [2.45, 2.75) is 12.1 Å². The number of carboxylic acids is 2. The fraction of sp³-hybridized carbons (Fsp3) is 0.667. The number of hydrogen-bond acceptors (Lipinski definition) is 6. The molecule has 0 radical (unpaired) electrons. The van der Waals surface area contributed by atoms with E-state index in [0.29, 0.717) is 5.75 Å². The summed E-state index contributed by atoms with van der Waals surface area (Å²) in [5, 5.41) is 17.1. The van der Waals surface area contributed by atoms with Crippen LogP contribution in [0.3, 0.4) is 0 Å². The number of carboxylic acid groups (broad SMARTS) is 2. The van der Waals surface area contributed by atoms with Crippen molar-refractivity contribution in [3.8, 4) is 0 Å². The van der Waals surface area contributed by atoms with Crippen LogP contribution in [0.25, 0.3) is 0 Å². The van der Waals surface area contributed by atoms with Gasteiger partial charge in [0.25, 0.3) is 0 Å². The van der Waals surface area contributed by atoms with Gasteiger partial charge >= 0.3 is 108 Å². The average molecular weight is 366 g/mol. The van der Waals surface area contributed by atoms with E-state index >= 15 is 0 Å². The third-order valence-electron chi connectivity index (χ3n) is 1.29. The van der Waals surface area contributed by atoms with Gasteiger partial charge in [0.15, 0.2) is 0 Å². The zero-order chi connectivity index (χ0) is 11.8. The molecule has 86 valence electrons. The number of nitrogens with zero attached hydrogens (tertiary/aromatic N) is 1. The van der Waals surface area contributed by atoms with Gasteiger partial charge in [0.05, 0.1) is 0 Å². The summed E-state index contributed by atoms with van der Waals surface area (Å²) in [6.07, 6.45) is 0.